The van der Waals surface area contributed by atoms with Gasteiger partial charge < -0.3 is 15.4 Å². The van der Waals surface area contributed by atoms with E-state index in [2.05, 4.69) is 33.7 Å². The fourth-order valence-corrected chi connectivity index (χ4v) is 3.20. The summed E-state index contributed by atoms with van der Waals surface area (Å²) >= 11 is 5.41. The zero-order chi connectivity index (χ0) is 18.5. The number of likely N-dealkylation sites (tertiary alicyclic amines) is 1. The molecule has 1 fully saturated rings. The van der Waals surface area contributed by atoms with Crippen LogP contribution in [0.15, 0.2) is 24.3 Å². The Kier molecular flexibility index (Phi) is 10.5. The summed E-state index contributed by atoms with van der Waals surface area (Å²) in [6, 6.07) is 8.47. The van der Waals surface area contributed by atoms with Gasteiger partial charge in [0.25, 0.3) is 0 Å². The van der Waals surface area contributed by atoms with Crippen molar-refractivity contribution in [3.8, 4) is 5.75 Å². The van der Waals surface area contributed by atoms with E-state index in [9.17, 15) is 4.79 Å². The third-order valence-electron chi connectivity index (χ3n) is 4.49. The quantitative estimate of drug-likeness (QED) is 0.432. The first kappa shape index (κ1) is 21.0. The zero-order valence-electron chi connectivity index (χ0n) is 15.6. The normalized spacial score (nSPS) is 15.0. The molecule has 26 heavy (non-hydrogen) atoms. The van der Waals surface area contributed by atoms with E-state index in [1.165, 1.54) is 37.9 Å². The predicted octanol–water partition coefficient (Wildman–Crippen LogP) is 2.78. The average Bonchev–Trinajstić information content (AvgIpc) is 2.67. The minimum absolute atomic E-state index is 0.0317. The molecule has 1 amide bonds. The van der Waals surface area contributed by atoms with Gasteiger partial charge in [-0.15, -0.1) is 11.6 Å². The van der Waals surface area contributed by atoms with Crippen molar-refractivity contribution >= 4 is 17.5 Å². The van der Waals surface area contributed by atoms with Crippen molar-refractivity contribution in [2.24, 2.45) is 0 Å². The molecule has 0 unspecified atom stereocenters. The average molecular weight is 382 g/mol. The Morgan fingerprint density at radius 1 is 1.12 bits per heavy atom. The molecule has 0 saturated carbocycles. The number of nitrogens with zero attached hydrogens (tertiary/aromatic N) is 1. The highest BCUT2D eigenvalue weighted by Gasteiger charge is 2.10. The van der Waals surface area contributed by atoms with Crippen molar-refractivity contribution in [3.05, 3.63) is 29.8 Å². The molecule has 1 saturated heterocycles. The number of carbonyl (C=O) groups excluding carboxylic acids is 1. The molecule has 146 valence electrons. The van der Waals surface area contributed by atoms with Gasteiger partial charge in [-0.1, -0.05) is 18.6 Å². The van der Waals surface area contributed by atoms with E-state index in [-0.39, 0.29) is 11.8 Å². The van der Waals surface area contributed by atoms with Crippen LogP contribution in [0, 0.1) is 0 Å². The van der Waals surface area contributed by atoms with Crippen LogP contribution in [0.5, 0.6) is 5.75 Å². The molecular weight excluding hydrogens is 350 g/mol. The van der Waals surface area contributed by atoms with E-state index in [0.29, 0.717) is 13.2 Å². The van der Waals surface area contributed by atoms with Gasteiger partial charge in [0.05, 0.1) is 6.61 Å². The van der Waals surface area contributed by atoms with Gasteiger partial charge in [0.15, 0.2) is 0 Å². The molecule has 0 atom stereocenters. The third kappa shape index (κ3) is 8.88. The molecule has 2 N–H and O–H groups in total. The molecular formula is C20H32ClN3O2. The molecule has 6 heteroatoms. The molecule has 5 nitrogen and oxygen atoms in total. The number of halogens is 1. The van der Waals surface area contributed by atoms with Crippen LogP contribution in [-0.2, 0) is 11.3 Å². The minimum Gasteiger partial charge on any atom is -0.494 e. The summed E-state index contributed by atoms with van der Waals surface area (Å²) in [5.74, 6) is 0.884. The Hall–Kier alpha value is -1.30. The number of piperidine rings is 1. The van der Waals surface area contributed by atoms with Crippen molar-refractivity contribution in [2.75, 3.05) is 45.2 Å². The van der Waals surface area contributed by atoms with E-state index in [1.807, 2.05) is 6.07 Å². The summed E-state index contributed by atoms with van der Waals surface area (Å²) in [6.45, 7) is 6.63. The maximum atomic E-state index is 11.0. The molecule has 0 bridgehead atoms. The third-order valence-corrected chi connectivity index (χ3v) is 4.74. The highest BCUT2D eigenvalue weighted by atomic mass is 35.5. The lowest BCUT2D eigenvalue weighted by molar-refractivity contribution is -0.118. The van der Waals surface area contributed by atoms with Gasteiger partial charge in [0.1, 0.15) is 11.6 Å². The largest absolute Gasteiger partial charge is 0.494 e. The number of hydrogen-bond donors (Lipinski definition) is 2. The van der Waals surface area contributed by atoms with E-state index < -0.39 is 0 Å². The van der Waals surface area contributed by atoms with E-state index in [4.69, 9.17) is 16.3 Å². The summed E-state index contributed by atoms with van der Waals surface area (Å²) in [7, 11) is 0. The van der Waals surface area contributed by atoms with E-state index >= 15 is 0 Å². The molecule has 0 aromatic heterocycles. The van der Waals surface area contributed by atoms with Crippen LogP contribution in [0.3, 0.4) is 0 Å². The second-order valence-corrected chi connectivity index (χ2v) is 7.04. The molecule has 1 aliphatic heterocycles. The summed E-state index contributed by atoms with van der Waals surface area (Å²) in [4.78, 5) is 13.5. The fourth-order valence-electron chi connectivity index (χ4n) is 3.11. The number of amides is 1. The lowest BCUT2D eigenvalue weighted by Crippen LogP contribution is -2.29. The van der Waals surface area contributed by atoms with Crippen LogP contribution in [0.25, 0.3) is 0 Å². The molecule has 1 aliphatic rings. The smallest absolute Gasteiger partial charge is 0.234 e. The number of benzene rings is 1. The number of nitrogens with one attached hydrogen (secondary N) is 2. The van der Waals surface area contributed by atoms with Crippen LogP contribution in [-0.4, -0.2) is 56.0 Å². The van der Waals surface area contributed by atoms with Gasteiger partial charge in [-0.3, -0.25) is 9.69 Å². The minimum atomic E-state index is -0.109. The molecule has 0 aliphatic carbocycles. The van der Waals surface area contributed by atoms with Crippen molar-refractivity contribution in [1.82, 2.24) is 15.5 Å². The summed E-state index contributed by atoms with van der Waals surface area (Å²) in [6.07, 6.45) is 5.88. The van der Waals surface area contributed by atoms with Crippen LogP contribution in [0.4, 0.5) is 0 Å². The number of alkyl halides is 1. The zero-order valence-corrected chi connectivity index (χ0v) is 16.4. The number of hydrogen-bond acceptors (Lipinski definition) is 4. The van der Waals surface area contributed by atoms with Crippen LogP contribution in [0.1, 0.15) is 37.7 Å². The molecule has 0 spiro atoms. The Morgan fingerprint density at radius 3 is 2.73 bits per heavy atom. The first-order valence-electron chi connectivity index (χ1n) is 9.75. The topological polar surface area (TPSA) is 53.6 Å². The van der Waals surface area contributed by atoms with Gasteiger partial charge in [-0.2, -0.15) is 0 Å². The predicted molar refractivity (Wildman–Crippen MR) is 107 cm³/mol. The summed E-state index contributed by atoms with van der Waals surface area (Å²) in [5, 5.41) is 6.11. The Labute approximate surface area is 162 Å². The summed E-state index contributed by atoms with van der Waals surface area (Å²) < 4.78 is 5.88. The second-order valence-electron chi connectivity index (χ2n) is 6.77. The van der Waals surface area contributed by atoms with Gasteiger partial charge >= 0.3 is 0 Å². The fraction of sp³-hybridized carbons (Fsp3) is 0.650. The number of ether oxygens (including phenoxy) is 1. The molecule has 1 aromatic carbocycles. The van der Waals surface area contributed by atoms with Gasteiger partial charge in [-0.25, -0.2) is 0 Å². The Balaban J connectivity index is 1.52. The van der Waals surface area contributed by atoms with Crippen molar-refractivity contribution in [1.29, 1.82) is 0 Å². The summed E-state index contributed by atoms with van der Waals surface area (Å²) in [5.41, 5.74) is 1.33. The first-order chi connectivity index (χ1) is 12.8. The molecule has 2 rings (SSSR count). The van der Waals surface area contributed by atoms with Gasteiger partial charge in [0.2, 0.25) is 5.91 Å². The standard InChI is InChI=1S/C20H32ClN3O2/c21-16-20(25)23-11-5-9-22-10-6-14-26-19-8-4-7-18(15-19)17-24-12-2-1-3-13-24/h4,7-8,15,22H,1-3,5-6,9-14,16-17H2,(H,23,25). The van der Waals surface area contributed by atoms with E-state index in [0.717, 1.165) is 38.2 Å². The molecule has 1 heterocycles. The highest BCUT2D eigenvalue weighted by molar-refractivity contribution is 6.27. The second kappa shape index (κ2) is 13.0. The lowest BCUT2D eigenvalue weighted by Gasteiger charge is -2.26. The maximum absolute atomic E-state index is 11.0. The van der Waals surface area contributed by atoms with Crippen LogP contribution in [0.2, 0.25) is 0 Å². The maximum Gasteiger partial charge on any atom is 0.234 e. The van der Waals surface area contributed by atoms with E-state index in [1.54, 1.807) is 0 Å². The monoisotopic (exact) mass is 381 g/mol. The van der Waals surface area contributed by atoms with Gasteiger partial charge in [-0.05, 0) is 69.6 Å². The number of carbonyl (C=O) groups is 1. The van der Waals surface area contributed by atoms with Crippen molar-refractivity contribution in [3.63, 3.8) is 0 Å². The number of rotatable bonds is 12. The first-order valence-corrected chi connectivity index (χ1v) is 10.3. The van der Waals surface area contributed by atoms with Crippen molar-refractivity contribution in [2.45, 2.75) is 38.6 Å². The van der Waals surface area contributed by atoms with Crippen LogP contribution < -0.4 is 15.4 Å². The Bertz CT molecular complexity index is 522. The van der Waals surface area contributed by atoms with Crippen LogP contribution >= 0.6 is 11.6 Å². The highest BCUT2D eigenvalue weighted by Crippen LogP contribution is 2.17. The van der Waals surface area contributed by atoms with Crippen molar-refractivity contribution < 1.29 is 9.53 Å². The molecule has 1 aromatic rings. The molecule has 0 radical (unpaired) electrons. The van der Waals surface area contributed by atoms with Gasteiger partial charge in [0, 0.05) is 13.1 Å². The Morgan fingerprint density at radius 2 is 1.92 bits per heavy atom. The SMILES string of the molecule is O=C(CCl)NCCCNCCCOc1cccc(CN2CCCCC2)c1. The lowest BCUT2D eigenvalue weighted by atomic mass is 10.1.